The van der Waals surface area contributed by atoms with Crippen molar-refractivity contribution in [3.8, 4) is 23.8 Å². The fourth-order valence-electron chi connectivity index (χ4n) is 2.62. The fraction of sp³-hybridized carbons (Fsp3) is 0.143. The highest BCUT2D eigenvalue weighted by Gasteiger charge is 2.34. The van der Waals surface area contributed by atoms with Crippen LogP contribution in [0.5, 0.6) is 11.5 Å². The van der Waals surface area contributed by atoms with Crippen LogP contribution < -0.4 is 19.9 Å². The van der Waals surface area contributed by atoms with Crippen LogP contribution in [-0.4, -0.2) is 25.0 Å². The second-order valence-corrected chi connectivity index (χ2v) is 5.75. The summed E-state index contributed by atoms with van der Waals surface area (Å²) in [5.41, 5.74) is 3.35. The Labute approximate surface area is 161 Å². The smallest absolute Gasteiger partial charge is 0.282 e. The molecule has 0 aromatic heterocycles. The summed E-state index contributed by atoms with van der Waals surface area (Å²) in [7, 11) is 0. The SMILES string of the molecule is C#CCOc1ccc(/C=C2\C(=O)NN(c3ccc(F)cc3)C2=O)cc1OCC. The van der Waals surface area contributed by atoms with Crippen LogP contribution in [0.15, 0.2) is 48.0 Å². The van der Waals surface area contributed by atoms with Crippen LogP contribution in [0.2, 0.25) is 0 Å². The molecule has 0 radical (unpaired) electrons. The summed E-state index contributed by atoms with van der Waals surface area (Å²) in [6.45, 7) is 2.32. The van der Waals surface area contributed by atoms with Crippen molar-refractivity contribution in [1.82, 2.24) is 5.43 Å². The number of halogens is 1. The van der Waals surface area contributed by atoms with E-state index in [0.29, 0.717) is 29.4 Å². The first-order valence-electron chi connectivity index (χ1n) is 8.49. The third-order valence-corrected chi connectivity index (χ3v) is 3.87. The fourth-order valence-corrected chi connectivity index (χ4v) is 2.62. The second kappa shape index (κ2) is 8.27. The molecule has 1 fully saturated rings. The Bertz CT molecular complexity index is 977. The van der Waals surface area contributed by atoms with Gasteiger partial charge in [0.15, 0.2) is 11.5 Å². The van der Waals surface area contributed by atoms with Gasteiger partial charge in [0.1, 0.15) is 18.0 Å². The summed E-state index contributed by atoms with van der Waals surface area (Å²) in [5, 5.41) is 1.07. The Balaban J connectivity index is 1.89. The maximum atomic E-state index is 13.1. The molecule has 7 heteroatoms. The van der Waals surface area contributed by atoms with Gasteiger partial charge in [-0.3, -0.25) is 15.0 Å². The zero-order chi connectivity index (χ0) is 20.1. The van der Waals surface area contributed by atoms with Crippen LogP contribution >= 0.6 is 0 Å². The van der Waals surface area contributed by atoms with E-state index in [-0.39, 0.29) is 12.2 Å². The predicted molar refractivity (Wildman–Crippen MR) is 102 cm³/mol. The molecule has 1 aliphatic rings. The molecule has 1 heterocycles. The molecule has 0 atom stereocenters. The van der Waals surface area contributed by atoms with Crippen molar-refractivity contribution in [1.29, 1.82) is 0 Å². The molecule has 0 bridgehead atoms. The van der Waals surface area contributed by atoms with E-state index in [4.69, 9.17) is 15.9 Å². The molecule has 3 rings (SSSR count). The Morgan fingerprint density at radius 3 is 2.57 bits per heavy atom. The molecule has 1 saturated heterocycles. The van der Waals surface area contributed by atoms with Gasteiger partial charge in [-0.05, 0) is 55.0 Å². The van der Waals surface area contributed by atoms with E-state index in [2.05, 4.69) is 11.3 Å². The van der Waals surface area contributed by atoms with Gasteiger partial charge in [0.25, 0.3) is 11.8 Å². The summed E-state index contributed by atoms with van der Waals surface area (Å²) < 4.78 is 24.1. The quantitative estimate of drug-likeness (QED) is 0.475. The topological polar surface area (TPSA) is 67.9 Å². The number of nitrogens with one attached hydrogen (secondary N) is 1. The number of carbonyl (C=O) groups excluding carboxylic acids is 2. The van der Waals surface area contributed by atoms with E-state index in [9.17, 15) is 14.0 Å². The van der Waals surface area contributed by atoms with Gasteiger partial charge in [-0.25, -0.2) is 9.40 Å². The molecule has 0 saturated carbocycles. The van der Waals surface area contributed by atoms with Gasteiger partial charge in [0.05, 0.1) is 12.3 Å². The highest BCUT2D eigenvalue weighted by atomic mass is 19.1. The van der Waals surface area contributed by atoms with Crippen LogP contribution in [-0.2, 0) is 9.59 Å². The maximum absolute atomic E-state index is 13.1. The summed E-state index contributed by atoms with van der Waals surface area (Å²) in [5.74, 6) is 1.77. The van der Waals surface area contributed by atoms with E-state index >= 15 is 0 Å². The Morgan fingerprint density at radius 2 is 1.89 bits per heavy atom. The average molecular weight is 380 g/mol. The highest BCUT2D eigenvalue weighted by Crippen LogP contribution is 2.30. The van der Waals surface area contributed by atoms with Gasteiger partial charge < -0.3 is 9.47 Å². The lowest BCUT2D eigenvalue weighted by molar-refractivity contribution is -0.117. The number of benzene rings is 2. The van der Waals surface area contributed by atoms with Crippen LogP contribution in [0, 0.1) is 18.2 Å². The number of hydrogen-bond acceptors (Lipinski definition) is 4. The van der Waals surface area contributed by atoms with E-state index in [1.165, 1.54) is 30.3 Å². The normalized spacial score (nSPS) is 14.8. The number of hydrazine groups is 1. The molecule has 2 amide bonds. The minimum atomic E-state index is -0.556. The van der Waals surface area contributed by atoms with Crippen LogP contribution in [0.4, 0.5) is 10.1 Å². The van der Waals surface area contributed by atoms with Gasteiger partial charge >= 0.3 is 0 Å². The molecule has 1 N–H and O–H groups in total. The molecule has 2 aromatic rings. The lowest BCUT2D eigenvalue weighted by Gasteiger charge is -2.14. The van der Waals surface area contributed by atoms with Gasteiger partial charge in [-0.15, -0.1) is 6.42 Å². The van der Waals surface area contributed by atoms with Crippen molar-refractivity contribution in [3.05, 3.63) is 59.4 Å². The number of hydrogen-bond donors (Lipinski definition) is 1. The number of anilines is 1. The number of nitrogens with zero attached hydrogens (tertiary/aromatic N) is 1. The number of terminal acetylenes is 1. The van der Waals surface area contributed by atoms with Crippen LogP contribution in [0.25, 0.3) is 6.08 Å². The maximum Gasteiger partial charge on any atom is 0.282 e. The Kier molecular flexibility index (Phi) is 5.61. The zero-order valence-electron chi connectivity index (χ0n) is 15.1. The largest absolute Gasteiger partial charge is 0.490 e. The first-order valence-corrected chi connectivity index (χ1v) is 8.49. The molecule has 142 valence electrons. The molecule has 0 unspecified atom stereocenters. The van der Waals surface area contributed by atoms with Gasteiger partial charge in [-0.2, -0.15) is 0 Å². The zero-order valence-corrected chi connectivity index (χ0v) is 15.1. The summed E-state index contributed by atoms with van der Waals surface area (Å²) in [6, 6.07) is 10.2. The molecule has 1 aliphatic heterocycles. The number of ether oxygens (including phenoxy) is 2. The molecule has 6 nitrogen and oxygen atoms in total. The standard InChI is InChI=1S/C21H17FN2O4/c1-3-11-28-18-10-5-14(13-19(18)27-4-2)12-17-20(25)23-24(21(17)26)16-8-6-15(22)7-9-16/h1,5-10,12-13H,4,11H2,2H3,(H,23,25)/b17-12+. The molecular weight excluding hydrogens is 363 g/mol. The predicted octanol–water partition coefficient (Wildman–Crippen LogP) is 2.70. The lowest BCUT2D eigenvalue weighted by Crippen LogP contribution is -2.35. The number of amides is 2. The van der Waals surface area contributed by atoms with E-state index in [1.807, 2.05) is 6.92 Å². The minimum Gasteiger partial charge on any atom is -0.490 e. The van der Waals surface area contributed by atoms with Gasteiger partial charge in [0, 0.05) is 0 Å². The monoisotopic (exact) mass is 380 g/mol. The third kappa shape index (κ3) is 3.96. The first-order chi connectivity index (χ1) is 13.5. The minimum absolute atomic E-state index is 0.0518. The highest BCUT2D eigenvalue weighted by molar-refractivity contribution is 6.31. The van der Waals surface area contributed by atoms with Crippen molar-refractivity contribution in [3.63, 3.8) is 0 Å². The molecule has 0 aliphatic carbocycles. The summed E-state index contributed by atoms with van der Waals surface area (Å²) in [6.07, 6.45) is 6.66. The second-order valence-electron chi connectivity index (χ2n) is 5.75. The van der Waals surface area contributed by atoms with Gasteiger partial charge in [-0.1, -0.05) is 12.0 Å². The molecule has 28 heavy (non-hydrogen) atoms. The van der Waals surface area contributed by atoms with E-state index in [1.54, 1.807) is 18.2 Å². The lowest BCUT2D eigenvalue weighted by atomic mass is 10.1. The van der Waals surface area contributed by atoms with Crippen LogP contribution in [0.1, 0.15) is 12.5 Å². The van der Waals surface area contributed by atoms with Crippen molar-refractivity contribution < 1.29 is 23.5 Å². The summed E-state index contributed by atoms with van der Waals surface area (Å²) in [4.78, 5) is 24.9. The number of carbonyl (C=O) groups is 2. The summed E-state index contributed by atoms with van der Waals surface area (Å²) >= 11 is 0. The van der Waals surface area contributed by atoms with E-state index in [0.717, 1.165) is 5.01 Å². The Hall–Kier alpha value is -3.79. The van der Waals surface area contributed by atoms with Crippen molar-refractivity contribution in [2.75, 3.05) is 18.2 Å². The van der Waals surface area contributed by atoms with E-state index < -0.39 is 17.6 Å². The molecule has 0 spiro atoms. The van der Waals surface area contributed by atoms with Crippen molar-refractivity contribution in [2.24, 2.45) is 0 Å². The Morgan fingerprint density at radius 1 is 1.14 bits per heavy atom. The van der Waals surface area contributed by atoms with Crippen LogP contribution in [0.3, 0.4) is 0 Å². The molecule has 2 aromatic carbocycles. The molecular formula is C21H17FN2O4. The van der Waals surface area contributed by atoms with Gasteiger partial charge in [0.2, 0.25) is 0 Å². The average Bonchev–Trinajstić information content (AvgIpc) is 2.96. The first kappa shape index (κ1) is 19.0. The van der Waals surface area contributed by atoms with Crippen molar-refractivity contribution in [2.45, 2.75) is 6.92 Å². The number of rotatable bonds is 6. The third-order valence-electron chi connectivity index (χ3n) is 3.87. The van der Waals surface area contributed by atoms with Crippen molar-refractivity contribution >= 4 is 23.6 Å².